The number of rotatable bonds is 5. The molecule has 0 amide bonds. The second-order valence-corrected chi connectivity index (χ2v) is 4.24. The van der Waals surface area contributed by atoms with Crippen molar-refractivity contribution in [1.82, 2.24) is 4.90 Å². The highest BCUT2D eigenvalue weighted by Gasteiger charge is 2.19. The van der Waals surface area contributed by atoms with E-state index in [9.17, 15) is 0 Å². The van der Waals surface area contributed by atoms with Gasteiger partial charge in [0.25, 0.3) is 0 Å². The van der Waals surface area contributed by atoms with Gasteiger partial charge in [-0.2, -0.15) is 0 Å². The molecular formula is C10H23NO. The predicted molar refractivity (Wildman–Crippen MR) is 53.3 cm³/mol. The number of β-amino-alcohol motifs (C(OH)–C–C–N with tert-alkyl or cyclic N) is 1. The maximum atomic E-state index is 8.86. The Bertz CT molecular complexity index is 107. The molecule has 0 aliphatic heterocycles. The standard InChI is InChI=1S/C10H23NO/c1-5-6-7-11(8-9-12)10(2,3)4/h12H,5-9H2,1-4H3. The van der Waals surface area contributed by atoms with Crippen molar-refractivity contribution in [2.75, 3.05) is 19.7 Å². The summed E-state index contributed by atoms with van der Waals surface area (Å²) in [6.45, 7) is 10.9. The quantitative estimate of drug-likeness (QED) is 0.686. The van der Waals surface area contributed by atoms with Crippen LogP contribution in [0.15, 0.2) is 0 Å². The zero-order valence-electron chi connectivity index (χ0n) is 8.93. The summed E-state index contributed by atoms with van der Waals surface area (Å²) in [5.41, 5.74) is 0.192. The van der Waals surface area contributed by atoms with Crippen LogP contribution >= 0.6 is 0 Å². The van der Waals surface area contributed by atoms with Crippen molar-refractivity contribution in [2.45, 2.75) is 46.1 Å². The first-order valence-corrected chi connectivity index (χ1v) is 4.88. The number of hydrogen-bond donors (Lipinski definition) is 1. The lowest BCUT2D eigenvalue weighted by molar-refractivity contribution is 0.104. The number of aliphatic hydroxyl groups excluding tert-OH is 1. The lowest BCUT2D eigenvalue weighted by Gasteiger charge is -2.35. The predicted octanol–water partition coefficient (Wildman–Crippen LogP) is 1.88. The SMILES string of the molecule is CCCCN(CCO)C(C)(C)C. The Morgan fingerprint density at radius 1 is 1.17 bits per heavy atom. The van der Waals surface area contributed by atoms with Crippen LogP contribution < -0.4 is 0 Å². The van der Waals surface area contributed by atoms with Crippen molar-refractivity contribution in [3.05, 3.63) is 0 Å². The smallest absolute Gasteiger partial charge is 0.0558 e. The van der Waals surface area contributed by atoms with Crippen LogP contribution in [-0.2, 0) is 0 Å². The van der Waals surface area contributed by atoms with Crippen LogP contribution in [0.1, 0.15) is 40.5 Å². The number of aliphatic hydroxyl groups is 1. The van der Waals surface area contributed by atoms with E-state index in [0.717, 1.165) is 13.1 Å². The first kappa shape index (κ1) is 11.9. The molecule has 2 nitrogen and oxygen atoms in total. The molecule has 0 saturated carbocycles. The van der Waals surface area contributed by atoms with Crippen molar-refractivity contribution < 1.29 is 5.11 Å². The third-order valence-corrected chi connectivity index (χ3v) is 2.10. The van der Waals surface area contributed by atoms with Gasteiger partial charge in [-0.3, -0.25) is 4.90 Å². The normalized spacial score (nSPS) is 12.5. The molecule has 0 aromatic rings. The molecule has 0 aromatic carbocycles. The summed E-state index contributed by atoms with van der Waals surface area (Å²) in [4.78, 5) is 2.33. The third-order valence-electron chi connectivity index (χ3n) is 2.10. The molecule has 12 heavy (non-hydrogen) atoms. The van der Waals surface area contributed by atoms with Gasteiger partial charge in [-0.05, 0) is 33.7 Å². The van der Waals surface area contributed by atoms with E-state index in [1.165, 1.54) is 12.8 Å². The molecule has 0 heterocycles. The maximum Gasteiger partial charge on any atom is 0.0558 e. The molecule has 0 spiro atoms. The lowest BCUT2D eigenvalue weighted by Crippen LogP contribution is -2.43. The summed E-state index contributed by atoms with van der Waals surface area (Å²) >= 11 is 0. The summed E-state index contributed by atoms with van der Waals surface area (Å²) in [6.07, 6.45) is 2.44. The van der Waals surface area contributed by atoms with Gasteiger partial charge in [-0.1, -0.05) is 13.3 Å². The van der Waals surface area contributed by atoms with E-state index in [1.54, 1.807) is 0 Å². The van der Waals surface area contributed by atoms with E-state index < -0.39 is 0 Å². The number of nitrogens with zero attached hydrogens (tertiary/aromatic N) is 1. The average molecular weight is 173 g/mol. The molecule has 0 fully saturated rings. The largest absolute Gasteiger partial charge is 0.395 e. The molecule has 74 valence electrons. The van der Waals surface area contributed by atoms with E-state index in [2.05, 4.69) is 32.6 Å². The first-order valence-electron chi connectivity index (χ1n) is 4.88. The van der Waals surface area contributed by atoms with Crippen molar-refractivity contribution in [3.8, 4) is 0 Å². The third kappa shape index (κ3) is 4.73. The molecule has 1 N–H and O–H groups in total. The van der Waals surface area contributed by atoms with Gasteiger partial charge in [0.2, 0.25) is 0 Å². The van der Waals surface area contributed by atoms with Crippen LogP contribution in [0.3, 0.4) is 0 Å². The van der Waals surface area contributed by atoms with Gasteiger partial charge in [-0.25, -0.2) is 0 Å². The van der Waals surface area contributed by atoms with Crippen molar-refractivity contribution >= 4 is 0 Å². The molecular weight excluding hydrogens is 150 g/mol. The van der Waals surface area contributed by atoms with Crippen molar-refractivity contribution in [3.63, 3.8) is 0 Å². The highest BCUT2D eigenvalue weighted by Crippen LogP contribution is 2.13. The van der Waals surface area contributed by atoms with Gasteiger partial charge in [0.05, 0.1) is 6.61 Å². The van der Waals surface area contributed by atoms with E-state index in [4.69, 9.17) is 5.11 Å². The molecule has 0 bridgehead atoms. The molecule has 0 aromatic heterocycles. The van der Waals surface area contributed by atoms with Crippen LogP contribution in [0.25, 0.3) is 0 Å². The van der Waals surface area contributed by atoms with Crippen LogP contribution in [-0.4, -0.2) is 35.2 Å². The summed E-state index contributed by atoms with van der Waals surface area (Å²) in [6, 6.07) is 0. The van der Waals surface area contributed by atoms with Gasteiger partial charge in [0, 0.05) is 12.1 Å². The molecule has 0 atom stereocenters. The second-order valence-electron chi connectivity index (χ2n) is 4.24. The molecule has 0 radical (unpaired) electrons. The fourth-order valence-electron chi connectivity index (χ4n) is 1.25. The van der Waals surface area contributed by atoms with Crippen molar-refractivity contribution in [1.29, 1.82) is 0 Å². The van der Waals surface area contributed by atoms with Gasteiger partial charge < -0.3 is 5.11 Å². The molecule has 2 heteroatoms. The summed E-state index contributed by atoms with van der Waals surface area (Å²) in [7, 11) is 0. The Hall–Kier alpha value is -0.0800. The summed E-state index contributed by atoms with van der Waals surface area (Å²) in [5.74, 6) is 0. The van der Waals surface area contributed by atoms with Crippen LogP contribution in [0, 0.1) is 0 Å². The highest BCUT2D eigenvalue weighted by molar-refractivity contribution is 4.75. The Morgan fingerprint density at radius 2 is 1.75 bits per heavy atom. The lowest BCUT2D eigenvalue weighted by atomic mass is 10.1. The zero-order chi connectivity index (χ0) is 9.61. The summed E-state index contributed by atoms with van der Waals surface area (Å²) < 4.78 is 0. The minimum Gasteiger partial charge on any atom is -0.395 e. The first-order chi connectivity index (χ1) is 5.52. The Balaban J connectivity index is 3.86. The van der Waals surface area contributed by atoms with Gasteiger partial charge in [0.15, 0.2) is 0 Å². The molecule has 0 unspecified atom stereocenters. The van der Waals surface area contributed by atoms with Crippen LogP contribution in [0.4, 0.5) is 0 Å². The van der Waals surface area contributed by atoms with Gasteiger partial charge >= 0.3 is 0 Å². The second kappa shape index (κ2) is 5.55. The molecule has 0 saturated heterocycles. The van der Waals surface area contributed by atoms with Crippen LogP contribution in [0.5, 0.6) is 0 Å². The van der Waals surface area contributed by atoms with Crippen molar-refractivity contribution in [2.24, 2.45) is 0 Å². The van der Waals surface area contributed by atoms with E-state index in [1.807, 2.05) is 0 Å². The monoisotopic (exact) mass is 173 g/mol. The molecule has 0 aliphatic rings. The Kier molecular flexibility index (Phi) is 5.51. The Morgan fingerprint density at radius 3 is 2.08 bits per heavy atom. The van der Waals surface area contributed by atoms with E-state index >= 15 is 0 Å². The highest BCUT2D eigenvalue weighted by atomic mass is 16.3. The Labute approximate surface area is 76.6 Å². The summed E-state index contributed by atoms with van der Waals surface area (Å²) in [5, 5.41) is 8.86. The number of hydrogen-bond acceptors (Lipinski definition) is 2. The van der Waals surface area contributed by atoms with E-state index in [0.29, 0.717) is 0 Å². The zero-order valence-corrected chi connectivity index (χ0v) is 8.93. The minimum absolute atomic E-state index is 0.192. The fourth-order valence-corrected chi connectivity index (χ4v) is 1.25. The molecule has 0 aliphatic carbocycles. The number of unbranched alkanes of at least 4 members (excludes halogenated alkanes) is 1. The topological polar surface area (TPSA) is 23.5 Å². The maximum absolute atomic E-state index is 8.86. The van der Waals surface area contributed by atoms with Crippen LogP contribution in [0.2, 0.25) is 0 Å². The van der Waals surface area contributed by atoms with E-state index in [-0.39, 0.29) is 12.1 Å². The fraction of sp³-hybridized carbons (Fsp3) is 1.00. The average Bonchev–Trinajstić information content (AvgIpc) is 1.95. The van der Waals surface area contributed by atoms with Gasteiger partial charge in [-0.15, -0.1) is 0 Å². The minimum atomic E-state index is 0.192. The van der Waals surface area contributed by atoms with Gasteiger partial charge in [0.1, 0.15) is 0 Å². The molecule has 0 rings (SSSR count).